The summed E-state index contributed by atoms with van der Waals surface area (Å²) in [6, 6.07) is -1.23. The first kappa shape index (κ1) is 42.8. The first-order valence-electron chi connectivity index (χ1n) is 18.1. The standard InChI is InChI=1S/C36H69NO6S/c1-3-5-7-9-11-13-14-15-16-17-18-19-20-21-22-23-25-27-29-31-35(39)36(40)37-33(32-44(41,42)43)34(38)30-28-26-24-12-10-8-6-4-2/h18-19,28,30,33-35,38-39H,3-17,20-27,29,31-32H2,1-2H3,(H,37,40)(H,41,42,43)/b19-18-,30-28+. The monoisotopic (exact) mass is 643 g/mol. The van der Waals surface area contributed by atoms with Crippen molar-refractivity contribution in [3.05, 3.63) is 24.3 Å². The second-order valence-corrected chi connectivity index (χ2v) is 14.1. The Morgan fingerprint density at radius 3 is 1.43 bits per heavy atom. The van der Waals surface area contributed by atoms with Gasteiger partial charge >= 0.3 is 0 Å². The van der Waals surface area contributed by atoms with Crippen LogP contribution in [0.25, 0.3) is 0 Å². The van der Waals surface area contributed by atoms with Gasteiger partial charge in [0.05, 0.1) is 17.9 Å². The molecule has 0 heterocycles. The van der Waals surface area contributed by atoms with E-state index in [9.17, 15) is 28.0 Å². The van der Waals surface area contributed by atoms with E-state index in [0.717, 1.165) is 44.9 Å². The maximum atomic E-state index is 12.5. The molecule has 0 aliphatic rings. The third-order valence-electron chi connectivity index (χ3n) is 8.23. The van der Waals surface area contributed by atoms with Gasteiger partial charge in [0.1, 0.15) is 6.10 Å². The zero-order chi connectivity index (χ0) is 32.7. The lowest BCUT2D eigenvalue weighted by Gasteiger charge is -2.22. The van der Waals surface area contributed by atoms with Gasteiger partial charge in [-0.3, -0.25) is 9.35 Å². The van der Waals surface area contributed by atoms with E-state index in [1.807, 2.05) is 0 Å². The van der Waals surface area contributed by atoms with Gasteiger partial charge in [0.25, 0.3) is 10.1 Å². The normalized spacial score (nSPS) is 14.4. The maximum Gasteiger partial charge on any atom is 0.267 e. The number of unbranched alkanes of at least 4 members (excludes halogenated alkanes) is 21. The number of amides is 1. The minimum atomic E-state index is -4.43. The minimum absolute atomic E-state index is 0.274. The van der Waals surface area contributed by atoms with Crippen molar-refractivity contribution < 1.29 is 28.0 Å². The number of carbonyl (C=O) groups is 1. The molecule has 44 heavy (non-hydrogen) atoms. The summed E-state index contributed by atoms with van der Waals surface area (Å²) >= 11 is 0. The molecule has 0 saturated carbocycles. The van der Waals surface area contributed by atoms with Gasteiger partial charge in [-0.05, 0) is 44.9 Å². The Hall–Kier alpha value is -1.22. The van der Waals surface area contributed by atoms with Crippen molar-refractivity contribution in [1.82, 2.24) is 5.32 Å². The zero-order valence-electron chi connectivity index (χ0n) is 28.4. The first-order chi connectivity index (χ1) is 21.2. The highest BCUT2D eigenvalue weighted by atomic mass is 32.2. The summed E-state index contributed by atoms with van der Waals surface area (Å²) in [6.07, 6.45) is 34.0. The molecule has 3 atom stereocenters. The molecule has 0 fully saturated rings. The van der Waals surface area contributed by atoms with Crippen LogP contribution in [0.1, 0.15) is 174 Å². The van der Waals surface area contributed by atoms with Crippen LogP contribution in [0.3, 0.4) is 0 Å². The van der Waals surface area contributed by atoms with E-state index < -0.39 is 40.0 Å². The van der Waals surface area contributed by atoms with Crippen molar-refractivity contribution in [3.8, 4) is 0 Å². The number of hydrogen-bond donors (Lipinski definition) is 4. The van der Waals surface area contributed by atoms with Gasteiger partial charge in [-0.2, -0.15) is 8.42 Å². The van der Waals surface area contributed by atoms with Crippen molar-refractivity contribution in [2.24, 2.45) is 0 Å². The number of aliphatic hydroxyl groups excluding tert-OH is 2. The number of allylic oxidation sites excluding steroid dienone is 3. The summed E-state index contributed by atoms with van der Waals surface area (Å²) < 4.78 is 32.2. The highest BCUT2D eigenvalue weighted by Gasteiger charge is 2.27. The number of aliphatic hydroxyl groups is 2. The van der Waals surface area contributed by atoms with Crippen LogP contribution in [-0.4, -0.2) is 53.1 Å². The Morgan fingerprint density at radius 1 is 0.614 bits per heavy atom. The van der Waals surface area contributed by atoms with Crippen molar-refractivity contribution in [3.63, 3.8) is 0 Å². The summed E-state index contributed by atoms with van der Waals surface area (Å²) in [5.41, 5.74) is 0. The highest BCUT2D eigenvalue weighted by Crippen LogP contribution is 2.13. The summed E-state index contributed by atoms with van der Waals surface area (Å²) in [7, 11) is -4.43. The first-order valence-corrected chi connectivity index (χ1v) is 19.8. The molecule has 1 amide bonds. The third kappa shape index (κ3) is 29.5. The molecule has 8 heteroatoms. The van der Waals surface area contributed by atoms with Crippen LogP contribution in [0.15, 0.2) is 24.3 Å². The highest BCUT2D eigenvalue weighted by molar-refractivity contribution is 7.85. The molecule has 0 saturated heterocycles. The molecule has 0 aromatic carbocycles. The lowest BCUT2D eigenvalue weighted by Crippen LogP contribution is -2.50. The summed E-state index contributed by atoms with van der Waals surface area (Å²) in [4.78, 5) is 12.5. The lowest BCUT2D eigenvalue weighted by atomic mass is 10.0. The molecule has 0 bridgehead atoms. The summed E-state index contributed by atoms with van der Waals surface area (Å²) in [5, 5.41) is 23.2. The van der Waals surface area contributed by atoms with Crippen molar-refractivity contribution in [1.29, 1.82) is 0 Å². The van der Waals surface area contributed by atoms with Gasteiger partial charge in [0, 0.05) is 0 Å². The molecule has 260 valence electrons. The number of hydrogen-bond acceptors (Lipinski definition) is 5. The predicted molar refractivity (Wildman–Crippen MR) is 185 cm³/mol. The predicted octanol–water partition coefficient (Wildman–Crippen LogP) is 8.99. The topological polar surface area (TPSA) is 124 Å². The van der Waals surface area contributed by atoms with Gasteiger partial charge < -0.3 is 15.5 Å². The van der Waals surface area contributed by atoms with Crippen LogP contribution in [0.5, 0.6) is 0 Å². The third-order valence-corrected chi connectivity index (χ3v) is 9.01. The molecule has 7 nitrogen and oxygen atoms in total. The van der Waals surface area contributed by atoms with Crippen LogP contribution in [0, 0.1) is 0 Å². The Balaban J connectivity index is 4.00. The molecule has 3 unspecified atom stereocenters. The average molecular weight is 644 g/mol. The molecular weight excluding hydrogens is 574 g/mol. The SMILES string of the molecule is CCCCCCCC/C=C/C(O)C(CS(=O)(=O)O)NC(=O)C(O)CCCCCCCC/C=C\CCCCCCCCCCC. The lowest BCUT2D eigenvalue weighted by molar-refractivity contribution is -0.130. The second-order valence-electron chi connectivity index (χ2n) is 12.6. The summed E-state index contributed by atoms with van der Waals surface area (Å²) in [6.45, 7) is 4.43. The quantitative estimate of drug-likeness (QED) is 0.0329. The van der Waals surface area contributed by atoms with Crippen LogP contribution in [0.2, 0.25) is 0 Å². The maximum absolute atomic E-state index is 12.5. The fourth-order valence-electron chi connectivity index (χ4n) is 5.39. The van der Waals surface area contributed by atoms with Gasteiger partial charge in [-0.25, -0.2) is 0 Å². The van der Waals surface area contributed by atoms with E-state index in [0.29, 0.717) is 6.42 Å². The Bertz CT molecular complexity index is 813. The van der Waals surface area contributed by atoms with Gasteiger partial charge in [0.15, 0.2) is 0 Å². The molecule has 4 N–H and O–H groups in total. The molecule has 0 spiro atoms. The molecular formula is C36H69NO6S. The molecule has 0 aliphatic heterocycles. The fraction of sp³-hybridized carbons (Fsp3) is 0.861. The van der Waals surface area contributed by atoms with Crippen LogP contribution >= 0.6 is 0 Å². The number of rotatable bonds is 32. The van der Waals surface area contributed by atoms with E-state index in [1.165, 1.54) is 109 Å². The smallest absolute Gasteiger partial charge is 0.267 e. The Kier molecular flexibility index (Phi) is 29.6. The van der Waals surface area contributed by atoms with Crippen molar-refractivity contribution >= 4 is 16.0 Å². The van der Waals surface area contributed by atoms with E-state index in [1.54, 1.807) is 6.08 Å². The van der Waals surface area contributed by atoms with Crippen molar-refractivity contribution in [2.75, 3.05) is 5.75 Å². The molecule has 0 aromatic heterocycles. The Labute approximate surface area is 271 Å². The summed E-state index contributed by atoms with van der Waals surface area (Å²) in [5.74, 6) is -1.54. The zero-order valence-corrected chi connectivity index (χ0v) is 29.2. The fourth-order valence-corrected chi connectivity index (χ4v) is 6.12. The van der Waals surface area contributed by atoms with Gasteiger partial charge in [-0.1, -0.05) is 154 Å². The largest absolute Gasteiger partial charge is 0.387 e. The number of nitrogens with one attached hydrogen (secondary N) is 1. The van der Waals surface area contributed by atoms with E-state index in [-0.39, 0.29) is 6.42 Å². The Morgan fingerprint density at radius 2 is 1.00 bits per heavy atom. The van der Waals surface area contributed by atoms with Crippen LogP contribution in [0.4, 0.5) is 0 Å². The van der Waals surface area contributed by atoms with Gasteiger partial charge in [-0.15, -0.1) is 0 Å². The molecule has 0 rings (SSSR count). The number of carbonyl (C=O) groups excluding carboxylic acids is 1. The van der Waals surface area contributed by atoms with Gasteiger partial charge in [0.2, 0.25) is 5.91 Å². The minimum Gasteiger partial charge on any atom is -0.387 e. The van der Waals surface area contributed by atoms with E-state index in [2.05, 4.69) is 31.3 Å². The van der Waals surface area contributed by atoms with E-state index in [4.69, 9.17) is 0 Å². The van der Waals surface area contributed by atoms with Crippen LogP contribution in [-0.2, 0) is 14.9 Å². The van der Waals surface area contributed by atoms with Crippen molar-refractivity contribution in [2.45, 2.75) is 193 Å². The second kappa shape index (κ2) is 30.4. The van der Waals surface area contributed by atoms with Crippen LogP contribution < -0.4 is 5.32 Å². The van der Waals surface area contributed by atoms with E-state index >= 15 is 0 Å². The molecule has 0 aliphatic carbocycles. The average Bonchev–Trinajstić information content (AvgIpc) is 2.98. The molecule has 0 aromatic rings. The molecule has 0 radical (unpaired) electrons.